The van der Waals surface area contributed by atoms with Crippen molar-refractivity contribution in [3.05, 3.63) is 69.5 Å². The summed E-state index contributed by atoms with van der Waals surface area (Å²) in [6.07, 6.45) is 0.291. The minimum atomic E-state index is -2.65. The zero-order chi connectivity index (χ0) is 27.8. The second-order valence-electron chi connectivity index (χ2n) is 10.8. The number of primary amides is 1. The number of likely N-dealkylation sites (N-methyl/N-ethyl adjacent to an activating group) is 1. The van der Waals surface area contributed by atoms with E-state index >= 15 is 0 Å². The van der Waals surface area contributed by atoms with Gasteiger partial charge >= 0.3 is 0 Å². The average molecular weight is 519 g/mol. The van der Waals surface area contributed by atoms with Gasteiger partial charge in [-0.05, 0) is 69.5 Å². The lowest BCUT2D eigenvalue weighted by Gasteiger charge is -2.50. The number of nitrogens with zero attached hydrogens (tertiary/aromatic N) is 1. The molecule has 0 saturated heterocycles. The van der Waals surface area contributed by atoms with E-state index in [9.17, 15) is 34.8 Å². The number of aliphatic hydroxyl groups is 3. The Morgan fingerprint density at radius 3 is 2.26 bits per heavy atom. The highest BCUT2D eigenvalue weighted by Crippen LogP contribution is 2.53. The molecule has 9 nitrogen and oxygen atoms in total. The van der Waals surface area contributed by atoms with Crippen molar-refractivity contribution in [1.82, 2.24) is 4.90 Å². The number of carbonyl (C=O) groups excluding carboxylic acids is 3. The predicted molar refractivity (Wildman–Crippen MR) is 139 cm³/mol. The van der Waals surface area contributed by atoms with E-state index in [0.29, 0.717) is 5.56 Å². The van der Waals surface area contributed by atoms with Crippen LogP contribution in [0, 0.1) is 25.7 Å². The maximum atomic E-state index is 13.9. The fourth-order valence-corrected chi connectivity index (χ4v) is 6.64. The molecule has 9 heteroatoms. The van der Waals surface area contributed by atoms with Crippen LogP contribution in [0.2, 0.25) is 0 Å². The van der Waals surface area contributed by atoms with E-state index in [-0.39, 0.29) is 29.7 Å². The van der Waals surface area contributed by atoms with E-state index in [0.717, 1.165) is 22.3 Å². The molecule has 0 heterocycles. The van der Waals surface area contributed by atoms with Gasteiger partial charge in [0.05, 0.1) is 11.6 Å². The monoisotopic (exact) mass is 518 g/mol. The molecule has 4 atom stereocenters. The van der Waals surface area contributed by atoms with E-state index in [4.69, 9.17) is 5.73 Å². The summed E-state index contributed by atoms with van der Waals surface area (Å²) < 4.78 is 0. The first-order chi connectivity index (χ1) is 17.8. The highest BCUT2D eigenvalue weighted by molar-refractivity contribution is 6.24. The Labute approximate surface area is 219 Å². The number of nitrogens with two attached hydrogens (primary N) is 1. The molecule has 0 unspecified atom stereocenters. The third-order valence-corrected chi connectivity index (χ3v) is 8.14. The number of carbonyl (C=O) groups is 3. The van der Waals surface area contributed by atoms with Crippen LogP contribution >= 0.6 is 0 Å². The molecule has 5 rings (SSSR count). The lowest BCUT2D eigenvalue weighted by molar-refractivity contribution is -0.153. The van der Waals surface area contributed by atoms with Crippen molar-refractivity contribution in [1.29, 1.82) is 0 Å². The molecular weight excluding hydrogens is 488 g/mol. The minimum absolute atomic E-state index is 0.0493. The number of phenolic OH excluding ortho intramolecular Hbond substituents is 1. The van der Waals surface area contributed by atoms with E-state index in [2.05, 4.69) is 0 Å². The van der Waals surface area contributed by atoms with Crippen LogP contribution in [0.5, 0.6) is 5.75 Å². The average Bonchev–Trinajstić information content (AvgIpc) is 2.80. The van der Waals surface area contributed by atoms with Gasteiger partial charge in [-0.15, -0.1) is 0 Å². The number of aromatic hydroxyl groups is 1. The predicted octanol–water partition coefficient (Wildman–Crippen LogP) is 2.25. The van der Waals surface area contributed by atoms with Gasteiger partial charge < -0.3 is 26.2 Å². The van der Waals surface area contributed by atoms with Gasteiger partial charge in [-0.2, -0.15) is 0 Å². The lowest BCUT2D eigenvalue weighted by Crippen LogP contribution is -2.65. The zero-order valence-corrected chi connectivity index (χ0v) is 21.6. The number of hydrogen-bond acceptors (Lipinski definition) is 8. The third-order valence-electron chi connectivity index (χ3n) is 8.14. The second-order valence-corrected chi connectivity index (χ2v) is 10.8. The molecular formula is C29H30N2O7. The van der Waals surface area contributed by atoms with Gasteiger partial charge in [0.15, 0.2) is 11.4 Å². The Balaban J connectivity index is 1.75. The summed E-state index contributed by atoms with van der Waals surface area (Å²) in [5.74, 6) is -6.61. The van der Waals surface area contributed by atoms with Crippen molar-refractivity contribution >= 4 is 23.2 Å². The number of ketones is 2. The molecule has 1 amide bonds. The molecule has 0 bridgehead atoms. The molecule has 2 aromatic rings. The van der Waals surface area contributed by atoms with Gasteiger partial charge in [0.1, 0.15) is 22.8 Å². The van der Waals surface area contributed by atoms with E-state index < -0.39 is 58.0 Å². The highest BCUT2D eigenvalue weighted by Gasteiger charge is 2.64. The summed E-state index contributed by atoms with van der Waals surface area (Å²) >= 11 is 0. The zero-order valence-electron chi connectivity index (χ0n) is 21.6. The first-order valence-corrected chi connectivity index (χ1v) is 12.4. The highest BCUT2D eigenvalue weighted by atomic mass is 16.3. The van der Waals surface area contributed by atoms with Gasteiger partial charge in [-0.25, -0.2) is 0 Å². The van der Waals surface area contributed by atoms with Crippen LogP contribution < -0.4 is 5.73 Å². The quantitative estimate of drug-likeness (QED) is 0.387. The van der Waals surface area contributed by atoms with Crippen LogP contribution in [0.4, 0.5) is 0 Å². The van der Waals surface area contributed by atoms with Crippen LogP contribution in [0.1, 0.15) is 28.7 Å². The van der Waals surface area contributed by atoms with Crippen LogP contribution in [0.15, 0.2) is 47.2 Å². The largest absolute Gasteiger partial charge is 0.508 e. The summed E-state index contributed by atoms with van der Waals surface area (Å²) in [7, 11) is 3.15. The molecule has 6 N–H and O–H groups in total. The standard InChI is InChI=1S/C29H30N2O7/c1-12-7-13(2)9-14(8-12)16-5-6-19(32)21-17(16)10-15-11-18-23(31(3)4)25(34)22(28(30)37)27(36)29(18,38)26(35)20(15)24(21)33/h5-9,15,18,23,32-33,36,38H,10-11H2,1-4H3,(H2,30,37)/t15-,18-,23-,29+/m1/s1. The number of benzene rings is 2. The summed E-state index contributed by atoms with van der Waals surface area (Å²) in [6.45, 7) is 3.95. The van der Waals surface area contributed by atoms with Crippen LogP contribution in [-0.4, -0.2) is 68.5 Å². The molecule has 38 heavy (non-hydrogen) atoms. The molecule has 0 spiro atoms. The van der Waals surface area contributed by atoms with Crippen molar-refractivity contribution in [3.8, 4) is 16.9 Å². The van der Waals surface area contributed by atoms with E-state index in [1.807, 2.05) is 32.0 Å². The number of amides is 1. The number of phenols is 1. The summed E-state index contributed by atoms with van der Waals surface area (Å²) in [6, 6.07) is 8.12. The van der Waals surface area contributed by atoms with E-state index in [1.165, 1.54) is 11.0 Å². The SMILES string of the molecule is Cc1cc(C)cc(-c2ccc(O)c3c2C[C@@H]2C[C@@H]4[C@@H](N(C)C)C(=O)C(C(N)=O)=C(O)[C@@]4(O)C(=O)C2=C3O)c1. The minimum Gasteiger partial charge on any atom is -0.508 e. The number of hydrogen-bond donors (Lipinski definition) is 5. The van der Waals surface area contributed by atoms with Crippen molar-refractivity contribution < 1.29 is 34.8 Å². The first-order valence-electron chi connectivity index (χ1n) is 12.4. The number of aliphatic hydroxyl groups excluding tert-OH is 2. The smallest absolute Gasteiger partial charge is 0.255 e. The van der Waals surface area contributed by atoms with Gasteiger partial charge in [0.2, 0.25) is 5.78 Å². The third kappa shape index (κ3) is 3.42. The van der Waals surface area contributed by atoms with Crippen molar-refractivity contribution in [3.63, 3.8) is 0 Å². The molecule has 3 aliphatic rings. The maximum Gasteiger partial charge on any atom is 0.255 e. The maximum absolute atomic E-state index is 13.9. The second kappa shape index (κ2) is 8.54. The van der Waals surface area contributed by atoms with Gasteiger partial charge in [-0.1, -0.05) is 35.4 Å². The lowest BCUT2D eigenvalue weighted by atomic mass is 9.57. The van der Waals surface area contributed by atoms with Crippen molar-refractivity contribution in [2.75, 3.05) is 14.1 Å². The normalized spacial score (nSPS) is 26.8. The Bertz CT molecular complexity index is 1480. The van der Waals surface area contributed by atoms with E-state index in [1.54, 1.807) is 20.2 Å². The molecule has 0 aliphatic heterocycles. The summed E-state index contributed by atoms with van der Waals surface area (Å²) in [4.78, 5) is 40.7. The Hall–Kier alpha value is -3.95. The molecule has 2 aromatic carbocycles. The van der Waals surface area contributed by atoms with Crippen LogP contribution in [0.25, 0.3) is 16.9 Å². The Morgan fingerprint density at radius 1 is 1.05 bits per heavy atom. The molecule has 0 radical (unpaired) electrons. The molecule has 1 fully saturated rings. The first kappa shape index (κ1) is 25.7. The fourth-order valence-electron chi connectivity index (χ4n) is 6.64. The van der Waals surface area contributed by atoms with Gasteiger partial charge in [0, 0.05) is 11.5 Å². The summed E-state index contributed by atoms with van der Waals surface area (Å²) in [5.41, 5.74) is 6.19. The number of rotatable bonds is 3. The number of fused-ring (bicyclic) bond motifs is 3. The fraction of sp³-hybridized carbons (Fsp3) is 0.345. The van der Waals surface area contributed by atoms with Crippen molar-refractivity contribution in [2.24, 2.45) is 17.6 Å². The number of Topliss-reactive ketones (excluding diaryl/α,β-unsaturated/α-hetero) is 2. The Kier molecular flexibility index (Phi) is 5.77. The topological polar surface area (TPSA) is 161 Å². The molecule has 0 aromatic heterocycles. The van der Waals surface area contributed by atoms with Gasteiger partial charge in [0.25, 0.3) is 5.91 Å². The molecule has 198 valence electrons. The van der Waals surface area contributed by atoms with Crippen LogP contribution in [-0.2, 0) is 20.8 Å². The van der Waals surface area contributed by atoms with Crippen molar-refractivity contribution in [2.45, 2.75) is 38.3 Å². The summed E-state index contributed by atoms with van der Waals surface area (Å²) in [5, 5.41) is 44.8. The number of aryl methyl sites for hydroxylation is 2. The molecule has 1 saturated carbocycles. The Morgan fingerprint density at radius 2 is 1.68 bits per heavy atom. The molecule has 3 aliphatic carbocycles. The van der Waals surface area contributed by atoms with Gasteiger partial charge in [-0.3, -0.25) is 19.3 Å². The van der Waals surface area contributed by atoms with Crippen LogP contribution in [0.3, 0.4) is 0 Å².